The Labute approximate surface area is 218 Å². The summed E-state index contributed by atoms with van der Waals surface area (Å²) >= 11 is 0. The van der Waals surface area contributed by atoms with Crippen molar-refractivity contribution in [2.45, 2.75) is 26.6 Å². The van der Waals surface area contributed by atoms with Crippen LogP contribution in [0.4, 0.5) is 42.0 Å². The van der Waals surface area contributed by atoms with Crippen LogP contribution in [-0.4, -0.2) is 44.7 Å². The Balaban J connectivity index is 1.93. The molecule has 204 valence electrons. The molecule has 0 aliphatic carbocycles. The maximum atomic E-state index is 13.7. The van der Waals surface area contributed by atoms with Crippen LogP contribution in [0.15, 0.2) is 42.6 Å². The lowest BCUT2D eigenvalue weighted by atomic mass is 10.1. The Hall–Kier alpha value is -4.07. The second-order valence-electron chi connectivity index (χ2n) is 8.39. The molecule has 10 nitrogen and oxygen atoms in total. The van der Waals surface area contributed by atoms with E-state index in [1.54, 1.807) is 37.3 Å². The zero-order valence-corrected chi connectivity index (χ0v) is 22.1. The first-order valence-electron chi connectivity index (χ1n) is 11.1. The normalized spacial score (nSPS) is 11.6. The highest BCUT2D eigenvalue weighted by atomic mass is 32.2. The van der Waals surface area contributed by atoms with Crippen LogP contribution in [0.5, 0.6) is 5.75 Å². The fourth-order valence-electron chi connectivity index (χ4n) is 3.45. The number of rotatable bonds is 9. The number of ether oxygens (including phenoxy) is 1. The van der Waals surface area contributed by atoms with Gasteiger partial charge in [0.05, 0.1) is 24.7 Å². The molecule has 1 amide bonds. The first kappa shape index (κ1) is 28.5. The number of aryl methyl sites for hydroxylation is 1. The molecule has 0 radical (unpaired) electrons. The molecule has 2 aromatic carbocycles. The first-order chi connectivity index (χ1) is 17.7. The minimum absolute atomic E-state index is 0.132. The summed E-state index contributed by atoms with van der Waals surface area (Å²) in [7, 11) is -0.838. The third-order valence-electron chi connectivity index (χ3n) is 5.39. The van der Waals surface area contributed by atoms with Crippen LogP contribution in [-0.2, 0) is 27.5 Å². The maximum Gasteiger partial charge on any atom is 0.421 e. The number of halogens is 3. The summed E-state index contributed by atoms with van der Waals surface area (Å²) in [5, 5.41) is 8.11. The number of hydrogen-bond donors (Lipinski definition) is 3. The molecule has 3 rings (SSSR count). The van der Waals surface area contributed by atoms with Crippen LogP contribution >= 0.6 is 0 Å². The Morgan fingerprint density at radius 3 is 2.47 bits per heavy atom. The van der Waals surface area contributed by atoms with Gasteiger partial charge in [0.15, 0.2) is 0 Å². The Kier molecular flexibility index (Phi) is 8.35. The number of methoxy groups -OCH3 is 1. The molecule has 0 spiro atoms. The van der Waals surface area contributed by atoms with Crippen molar-refractivity contribution in [1.82, 2.24) is 9.97 Å². The molecule has 14 heteroatoms. The molecule has 0 aliphatic heterocycles. The van der Waals surface area contributed by atoms with Crippen molar-refractivity contribution in [2.75, 3.05) is 40.7 Å². The molecular formula is C24H27F3N6O4S. The van der Waals surface area contributed by atoms with Gasteiger partial charge >= 0.3 is 6.18 Å². The summed E-state index contributed by atoms with van der Waals surface area (Å²) in [6, 6.07) is 9.65. The number of amides is 1. The number of alkyl halides is 3. The second-order valence-corrected chi connectivity index (χ2v) is 10.4. The molecule has 0 aliphatic rings. The van der Waals surface area contributed by atoms with Gasteiger partial charge in [-0.3, -0.25) is 9.10 Å². The topological polar surface area (TPSA) is 126 Å². The molecule has 0 saturated carbocycles. The largest absolute Gasteiger partial charge is 0.494 e. The molecule has 0 fully saturated rings. The SMILES string of the molecule is COc1cc(Nc2ncc(C(F)(F)F)c(NCc3ccc(C)cc3N(C)S(C)(=O)=O)n2)ccc1NC(C)=O. The Morgan fingerprint density at radius 1 is 1.16 bits per heavy atom. The van der Waals surface area contributed by atoms with Gasteiger partial charge < -0.3 is 20.7 Å². The molecule has 38 heavy (non-hydrogen) atoms. The molecule has 3 aromatic rings. The molecule has 1 heterocycles. The summed E-state index contributed by atoms with van der Waals surface area (Å²) in [6.07, 6.45) is -3.06. The number of nitrogens with zero attached hydrogens (tertiary/aromatic N) is 3. The van der Waals surface area contributed by atoms with Crippen molar-refractivity contribution in [3.63, 3.8) is 0 Å². The van der Waals surface area contributed by atoms with E-state index in [2.05, 4.69) is 25.9 Å². The van der Waals surface area contributed by atoms with Gasteiger partial charge in [-0.25, -0.2) is 13.4 Å². The highest BCUT2D eigenvalue weighted by Gasteiger charge is 2.35. The van der Waals surface area contributed by atoms with Crippen LogP contribution < -0.4 is 25.0 Å². The van der Waals surface area contributed by atoms with E-state index in [1.807, 2.05) is 0 Å². The van der Waals surface area contributed by atoms with E-state index < -0.39 is 27.6 Å². The predicted octanol–water partition coefficient (Wildman–Crippen LogP) is 4.52. The zero-order valence-electron chi connectivity index (χ0n) is 21.3. The average molecular weight is 553 g/mol. The summed E-state index contributed by atoms with van der Waals surface area (Å²) < 4.78 is 71.7. The van der Waals surface area contributed by atoms with E-state index in [0.29, 0.717) is 34.6 Å². The monoisotopic (exact) mass is 552 g/mol. The van der Waals surface area contributed by atoms with Crippen molar-refractivity contribution >= 4 is 44.8 Å². The summed E-state index contributed by atoms with van der Waals surface area (Å²) in [5.74, 6) is -0.611. The van der Waals surface area contributed by atoms with Crippen molar-refractivity contribution in [1.29, 1.82) is 0 Å². The van der Waals surface area contributed by atoms with Crippen molar-refractivity contribution in [3.05, 3.63) is 59.3 Å². The lowest BCUT2D eigenvalue weighted by Gasteiger charge is -2.22. The number of aromatic nitrogens is 2. The molecular weight excluding hydrogens is 525 g/mol. The second kappa shape index (κ2) is 11.1. The fourth-order valence-corrected chi connectivity index (χ4v) is 3.98. The fraction of sp³-hybridized carbons (Fsp3) is 0.292. The average Bonchev–Trinajstić information content (AvgIpc) is 2.82. The van der Waals surface area contributed by atoms with Gasteiger partial charge in [0.2, 0.25) is 21.9 Å². The summed E-state index contributed by atoms with van der Waals surface area (Å²) in [6.45, 7) is 2.97. The quantitative estimate of drug-likeness (QED) is 0.354. The van der Waals surface area contributed by atoms with Crippen molar-refractivity contribution < 1.29 is 31.1 Å². The standard InChI is InChI=1S/C24H27F3N6O4S/c1-14-6-7-16(20(10-14)33(3)38(5,35)36)12-28-22-18(24(25,26)27)13-29-23(32-22)31-17-8-9-19(30-15(2)34)21(11-17)37-4/h6-11,13H,12H2,1-5H3,(H,30,34)(H2,28,29,31,32). The molecule has 0 atom stereocenters. The number of carbonyl (C=O) groups excluding carboxylic acids is 1. The first-order valence-corrected chi connectivity index (χ1v) is 13.0. The molecule has 0 unspecified atom stereocenters. The van der Waals surface area contributed by atoms with E-state index in [-0.39, 0.29) is 18.4 Å². The lowest BCUT2D eigenvalue weighted by Crippen LogP contribution is -2.26. The third-order valence-corrected chi connectivity index (χ3v) is 6.58. The van der Waals surface area contributed by atoms with Gasteiger partial charge in [-0.05, 0) is 36.2 Å². The van der Waals surface area contributed by atoms with Gasteiger partial charge in [0.1, 0.15) is 17.1 Å². The molecule has 0 saturated heterocycles. The Bertz CT molecular complexity index is 1450. The Morgan fingerprint density at radius 2 is 1.87 bits per heavy atom. The number of carbonyl (C=O) groups is 1. The zero-order chi connectivity index (χ0) is 28.3. The minimum atomic E-state index is -4.75. The van der Waals surface area contributed by atoms with Crippen molar-refractivity contribution in [2.24, 2.45) is 0 Å². The summed E-state index contributed by atoms with van der Waals surface area (Å²) in [4.78, 5) is 19.2. The smallest absolute Gasteiger partial charge is 0.421 e. The number of hydrogen-bond acceptors (Lipinski definition) is 8. The van der Waals surface area contributed by atoms with Crippen LogP contribution in [0.2, 0.25) is 0 Å². The maximum absolute atomic E-state index is 13.7. The van der Waals surface area contributed by atoms with Gasteiger partial charge in [-0.1, -0.05) is 12.1 Å². The molecule has 1 aromatic heterocycles. The predicted molar refractivity (Wildman–Crippen MR) is 139 cm³/mol. The highest BCUT2D eigenvalue weighted by Crippen LogP contribution is 2.35. The highest BCUT2D eigenvalue weighted by molar-refractivity contribution is 7.92. The third kappa shape index (κ3) is 7.03. The minimum Gasteiger partial charge on any atom is -0.494 e. The number of benzene rings is 2. The van der Waals surface area contributed by atoms with E-state index in [9.17, 15) is 26.4 Å². The van der Waals surface area contributed by atoms with Crippen molar-refractivity contribution in [3.8, 4) is 5.75 Å². The van der Waals surface area contributed by atoms with E-state index >= 15 is 0 Å². The summed E-state index contributed by atoms with van der Waals surface area (Å²) in [5.41, 5.74) is 1.28. The van der Waals surface area contributed by atoms with E-state index in [4.69, 9.17) is 4.74 Å². The van der Waals surface area contributed by atoms with E-state index in [1.165, 1.54) is 27.1 Å². The lowest BCUT2D eigenvalue weighted by molar-refractivity contribution is -0.137. The van der Waals surface area contributed by atoms with E-state index in [0.717, 1.165) is 16.1 Å². The van der Waals surface area contributed by atoms with Crippen LogP contribution in [0.25, 0.3) is 0 Å². The van der Waals surface area contributed by atoms with Crippen LogP contribution in [0.3, 0.4) is 0 Å². The molecule has 3 N–H and O–H groups in total. The van der Waals surface area contributed by atoms with Crippen LogP contribution in [0, 0.1) is 6.92 Å². The number of nitrogens with one attached hydrogen (secondary N) is 3. The molecule has 0 bridgehead atoms. The number of sulfonamides is 1. The van der Waals surface area contributed by atoms with Gasteiger partial charge in [-0.2, -0.15) is 18.2 Å². The van der Waals surface area contributed by atoms with Gasteiger partial charge in [-0.15, -0.1) is 0 Å². The van der Waals surface area contributed by atoms with Gasteiger partial charge in [0.25, 0.3) is 0 Å². The van der Waals surface area contributed by atoms with Gasteiger partial charge in [0, 0.05) is 38.5 Å². The van der Waals surface area contributed by atoms with Crippen LogP contribution in [0.1, 0.15) is 23.6 Å². The number of anilines is 5.